The van der Waals surface area contributed by atoms with Crippen molar-refractivity contribution in [1.82, 2.24) is 19.7 Å². The van der Waals surface area contributed by atoms with Gasteiger partial charge in [-0.25, -0.2) is 23.9 Å². The van der Waals surface area contributed by atoms with Crippen LogP contribution in [0.25, 0.3) is 0 Å². The van der Waals surface area contributed by atoms with Crippen molar-refractivity contribution in [2.45, 2.75) is 50.8 Å². The van der Waals surface area contributed by atoms with Crippen LogP contribution in [0.1, 0.15) is 50.8 Å². The lowest BCUT2D eigenvalue weighted by molar-refractivity contribution is 0.177. The molecule has 1 aliphatic heterocycles. The summed E-state index contributed by atoms with van der Waals surface area (Å²) in [7, 11) is -1.15. The minimum absolute atomic E-state index is 0.0228. The molecule has 2 aromatic heterocycles. The number of pyridine rings is 1. The zero-order valence-electron chi connectivity index (χ0n) is 20.5. The zero-order valence-corrected chi connectivity index (χ0v) is 22.8. The monoisotopic (exact) mass is 545 g/mol. The molecule has 0 amide bonds. The van der Waals surface area contributed by atoms with Crippen molar-refractivity contribution in [1.29, 1.82) is 0 Å². The van der Waals surface area contributed by atoms with Gasteiger partial charge in [0.2, 0.25) is 5.88 Å². The molecule has 3 heterocycles. The number of rotatable bonds is 5. The van der Waals surface area contributed by atoms with E-state index in [0.717, 1.165) is 38.2 Å². The first kappa shape index (κ1) is 25.4. The molecule has 36 heavy (non-hydrogen) atoms. The summed E-state index contributed by atoms with van der Waals surface area (Å²) in [6.45, 7) is 7.71. The first-order chi connectivity index (χ1) is 17.2. The molecular weight excluding hydrogens is 517 g/mol. The van der Waals surface area contributed by atoms with Gasteiger partial charge in [-0.1, -0.05) is 47.5 Å². The van der Waals surface area contributed by atoms with E-state index < -0.39 is 11.0 Å². The van der Waals surface area contributed by atoms with E-state index in [1.807, 2.05) is 20.8 Å². The number of anilines is 1. The number of hydrogen-bond acceptors (Lipinski definition) is 6. The first-order valence-electron chi connectivity index (χ1n) is 12.0. The van der Waals surface area contributed by atoms with Gasteiger partial charge >= 0.3 is 0 Å². The Kier molecular flexibility index (Phi) is 6.98. The predicted octanol–water partition coefficient (Wildman–Crippen LogP) is 5.91. The molecule has 2 atom stereocenters. The van der Waals surface area contributed by atoms with E-state index in [1.165, 1.54) is 17.3 Å². The summed E-state index contributed by atoms with van der Waals surface area (Å²) < 4.78 is 22.0. The van der Waals surface area contributed by atoms with Gasteiger partial charge in [0, 0.05) is 25.4 Å². The highest BCUT2D eigenvalue weighted by Crippen LogP contribution is 2.52. The fourth-order valence-electron chi connectivity index (χ4n) is 5.03. The number of hydrogen-bond donors (Lipinski definition) is 1. The predicted molar refractivity (Wildman–Crippen MR) is 144 cm³/mol. The number of aromatic nitrogens is 3. The van der Waals surface area contributed by atoms with Crippen molar-refractivity contribution in [2.75, 3.05) is 18.0 Å². The molecule has 190 valence electrons. The second kappa shape index (κ2) is 9.89. The van der Waals surface area contributed by atoms with E-state index in [4.69, 9.17) is 27.9 Å². The lowest BCUT2D eigenvalue weighted by atomic mass is 9.73. The maximum Gasteiger partial charge on any atom is 0.238 e. The lowest BCUT2D eigenvalue weighted by Gasteiger charge is -2.44. The molecule has 0 radical (unpaired) electrons. The SMILES string of the molecule is CC(C)(C)[S@](=O)N[C@@H]1c2ccccc2CC12CCN(c1cnc(Oc3ccnc(Cl)c3Cl)cn1)CC2. The van der Waals surface area contributed by atoms with Crippen molar-refractivity contribution in [3.05, 3.63) is 70.2 Å². The van der Waals surface area contributed by atoms with Gasteiger partial charge in [-0.3, -0.25) is 0 Å². The highest BCUT2D eigenvalue weighted by atomic mass is 35.5. The lowest BCUT2D eigenvalue weighted by Crippen LogP contribution is -2.48. The van der Waals surface area contributed by atoms with Crippen LogP contribution >= 0.6 is 23.2 Å². The summed E-state index contributed by atoms with van der Waals surface area (Å²) in [5.41, 5.74) is 2.65. The maximum atomic E-state index is 13.1. The largest absolute Gasteiger partial charge is 0.436 e. The van der Waals surface area contributed by atoms with E-state index >= 15 is 0 Å². The van der Waals surface area contributed by atoms with E-state index in [0.29, 0.717) is 11.6 Å². The average Bonchev–Trinajstić information content (AvgIpc) is 3.15. The Morgan fingerprint density at radius 1 is 1.08 bits per heavy atom. The molecule has 0 saturated carbocycles. The van der Waals surface area contributed by atoms with Crippen LogP contribution in [0.3, 0.4) is 0 Å². The molecule has 1 aromatic carbocycles. The van der Waals surface area contributed by atoms with Crippen molar-refractivity contribution in [3.63, 3.8) is 0 Å². The standard InChI is InChI=1S/C26H29Cl2N5O2S/c1-25(2,3)36(34)32-23-18-7-5-4-6-17(18)14-26(23)9-12-33(13-10-26)20-15-31-21(16-30-20)35-19-8-11-29-24(28)22(19)27/h4-8,11,15-16,23,32H,9-10,12-14H2,1-3H3/t23-,36+/m1/s1. The van der Waals surface area contributed by atoms with Gasteiger partial charge in [-0.2, -0.15) is 0 Å². The molecule has 1 aliphatic carbocycles. The van der Waals surface area contributed by atoms with Gasteiger partial charge in [0.1, 0.15) is 10.8 Å². The molecule has 2 aliphatic rings. The third-order valence-electron chi connectivity index (χ3n) is 7.03. The van der Waals surface area contributed by atoms with Gasteiger partial charge < -0.3 is 9.64 Å². The smallest absolute Gasteiger partial charge is 0.238 e. The number of ether oxygens (including phenoxy) is 1. The van der Waals surface area contributed by atoms with Gasteiger partial charge in [-0.15, -0.1) is 0 Å². The van der Waals surface area contributed by atoms with Crippen molar-refractivity contribution in [2.24, 2.45) is 5.41 Å². The summed E-state index contributed by atoms with van der Waals surface area (Å²) in [5, 5.41) is 0.411. The van der Waals surface area contributed by atoms with Crippen LogP contribution in [0, 0.1) is 5.41 Å². The average molecular weight is 547 g/mol. The van der Waals surface area contributed by atoms with Crippen LogP contribution in [0.15, 0.2) is 48.9 Å². The number of nitrogens with zero attached hydrogens (tertiary/aromatic N) is 4. The molecule has 0 bridgehead atoms. The number of fused-ring (bicyclic) bond motifs is 1. The Morgan fingerprint density at radius 2 is 1.83 bits per heavy atom. The minimum atomic E-state index is -1.15. The zero-order chi connectivity index (χ0) is 25.5. The van der Waals surface area contributed by atoms with Crippen LogP contribution in [0.2, 0.25) is 10.2 Å². The highest BCUT2D eigenvalue weighted by Gasteiger charge is 2.48. The summed E-state index contributed by atoms with van der Waals surface area (Å²) in [4.78, 5) is 15.2. The molecule has 1 fully saturated rings. The Balaban J connectivity index is 1.29. The van der Waals surface area contributed by atoms with Crippen LogP contribution in [-0.4, -0.2) is 37.0 Å². The van der Waals surface area contributed by atoms with E-state index in [-0.39, 0.29) is 26.4 Å². The van der Waals surface area contributed by atoms with Gasteiger partial charge in [-0.05, 0) is 56.6 Å². The first-order valence-corrected chi connectivity index (χ1v) is 13.9. The van der Waals surface area contributed by atoms with E-state index in [2.05, 4.69) is 48.8 Å². The van der Waals surface area contributed by atoms with Gasteiger partial charge in [0.25, 0.3) is 0 Å². The topological polar surface area (TPSA) is 80.2 Å². The van der Waals surface area contributed by atoms with Crippen molar-refractivity contribution < 1.29 is 8.95 Å². The second-order valence-electron chi connectivity index (χ2n) is 10.4. The van der Waals surface area contributed by atoms with Crippen molar-refractivity contribution in [3.8, 4) is 11.6 Å². The molecule has 3 aromatic rings. The van der Waals surface area contributed by atoms with E-state index in [9.17, 15) is 4.21 Å². The number of piperidine rings is 1. The summed E-state index contributed by atoms with van der Waals surface area (Å²) in [5.74, 6) is 1.51. The maximum absolute atomic E-state index is 13.1. The summed E-state index contributed by atoms with van der Waals surface area (Å²) in [6.07, 6.45) is 7.75. The fourth-order valence-corrected chi connectivity index (χ4v) is 6.27. The molecule has 0 unspecified atom stereocenters. The Labute approximate surface area is 224 Å². The molecule has 1 N–H and O–H groups in total. The van der Waals surface area contributed by atoms with Crippen LogP contribution < -0.4 is 14.4 Å². The number of benzene rings is 1. The summed E-state index contributed by atoms with van der Waals surface area (Å²) in [6, 6.07) is 10.3. The normalized spacial score (nSPS) is 19.8. The Morgan fingerprint density at radius 3 is 2.53 bits per heavy atom. The molecule has 1 saturated heterocycles. The van der Waals surface area contributed by atoms with Crippen LogP contribution in [-0.2, 0) is 17.4 Å². The van der Waals surface area contributed by atoms with Crippen LogP contribution in [0.4, 0.5) is 5.82 Å². The summed E-state index contributed by atoms with van der Waals surface area (Å²) >= 11 is 12.1. The Hall–Kier alpha value is -2.26. The minimum Gasteiger partial charge on any atom is -0.436 e. The number of halogens is 2. The molecule has 5 rings (SSSR count). The second-order valence-corrected chi connectivity index (χ2v) is 13.1. The van der Waals surface area contributed by atoms with Crippen LogP contribution in [0.5, 0.6) is 11.6 Å². The molecule has 1 spiro atoms. The fraction of sp³-hybridized carbons (Fsp3) is 0.423. The molecule has 7 nitrogen and oxygen atoms in total. The quantitative estimate of drug-likeness (QED) is 0.401. The number of nitrogens with one attached hydrogen (secondary N) is 1. The highest BCUT2D eigenvalue weighted by molar-refractivity contribution is 7.84. The van der Waals surface area contributed by atoms with Gasteiger partial charge in [0.05, 0.1) is 34.2 Å². The molecule has 10 heteroatoms. The van der Waals surface area contributed by atoms with E-state index in [1.54, 1.807) is 18.5 Å². The molecular formula is C26H29Cl2N5O2S. The van der Waals surface area contributed by atoms with Gasteiger partial charge in [0.15, 0.2) is 10.9 Å². The third kappa shape index (κ3) is 4.96. The third-order valence-corrected chi connectivity index (χ3v) is 9.34. The Bertz CT molecular complexity index is 1270. The van der Waals surface area contributed by atoms with Crippen molar-refractivity contribution >= 4 is 40.0 Å².